The number of nitrogens with one attached hydrogen (secondary N) is 2. The number of anilines is 1. The number of likely N-dealkylation sites (N-methyl/N-ethyl adjacent to an activating group) is 1. The normalized spacial score (nSPS) is 11.8. The summed E-state index contributed by atoms with van der Waals surface area (Å²) in [5.41, 5.74) is 0.525. The summed E-state index contributed by atoms with van der Waals surface area (Å²) >= 11 is 12.0. The zero-order valence-electron chi connectivity index (χ0n) is 12.8. The van der Waals surface area contributed by atoms with Crippen LogP contribution in [0.2, 0.25) is 10.0 Å². The third-order valence-corrected chi connectivity index (χ3v) is 4.05. The number of hydrogen-bond donors (Lipinski definition) is 2. The largest absolute Gasteiger partial charge is 0.488 e. The summed E-state index contributed by atoms with van der Waals surface area (Å²) in [4.78, 5) is 13.1. The van der Waals surface area contributed by atoms with E-state index in [4.69, 9.17) is 27.9 Å². The van der Waals surface area contributed by atoms with Gasteiger partial charge in [-0.25, -0.2) is 0 Å². The topological polar surface area (TPSA) is 42.8 Å². The average molecular weight is 354 g/mol. The van der Waals surface area contributed by atoms with Crippen molar-refractivity contribution in [3.05, 3.63) is 58.6 Å². The minimum Gasteiger partial charge on any atom is -0.488 e. The Morgan fingerprint density at radius 2 is 1.87 bits per heavy atom. The van der Waals surface area contributed by atoms with Gasteiger partial charge in [0.05, 0.1) is 22.8 Å². The Morgan fingerprint density at radius 1 is 1.13 bits per heavy atom. The van der Waals surface area contributed by atoms with Gasteiger partial charge in [-0.1, -0.05) is 47.5 Å². The number of rotatable bonds is 7. The van der Waals surface area contributed by atoms with Gasteiger partial charge in [-0.2, -0.15) is 0 Å². The van der Waals surface area contributed by atoms with E-state index in [0.717, 1.165) is 10.6 Å². The van der Waals surface area contributed by atoms with E-state index < -0.39 is 0 Å². The van der Waals surface area contributed by atoms with E-state index in [0.29, 0.717) is 35.4 Å². The lowest BCUT2D eigenvalue weighted by Crippen LogP contribution is -3.10. The minimum atomic E-state index is -0.119. The fourth-order valence-electron chi connectivity index (χ4n) is 2.02. The second-order valence-electron chi connectivity index (χ2n) is 5.19. The predicted octanol–water partition coefficient (Wildman–Crippen LogP) is 2.53. The molecule has 2 aromatic rings. The maximum atomic E-state index is 12.0. The molecule has 2 N–H and O–H groups in total. The van der Waals surface area contributed by atoms with Crippen LogP contribution in [0.5, 0.6) is 5.75 Å². The molecule has 0 aliphatic carbocycles. The van der Waals surface area contributed by atoms with E-state index in [2.05, 4.69) is 5.32 Å². The maximum absolute atomic E-state index is 12.0. The Hall–Kier alpha value is -1.75. The monoisotopic (exact) mass is 353 g/mol. The molecule has 0 aliphatic rings. The first kappa shape index (κ1) is 17.6. The van der Waals surface area contributed by atoms with E-state index in [1.165, 1.54) is 0 Å². The first-order chi connectivity index (χ1) is 11.1. The number of quaternary nitrogens is 1. The van der Waals surface area contributed by atoms with Crippen LogP contribution in [0, 0.1) is 0 Å². The van der Waals surface area contributed by atoms with E-state index in [-0.39, 0.29) is 5.91 Å². The average Bonchev–Trinajstić information content (AvgIpc) is 2.53. The molecule has 0 saturated heterocycles. The zero-order chi connectivity index (χ0) is 16.7. The highest BCUT2D eigenvalue weighted by Crippen LogP contribution is 2.29. The maximum Gasteiger partial charge on any atom is 0.279 e. The lowest BCUT2D eigenvalue weighted by atomic mass is 10.3. The highest BCUT2D eigenvalue weighted by atomic mass is 35.5. The molecule has 122 valence electrons. The molecule has 1 unspecified atom stereocenters. The summed E-state index contributed by atoms with van der Waals surface area (Å²) in [6, 6.07) is 14.7. The zero-order valence-corrected chi connectivity index (χ0v) is 14.3. The molecule has 2 aromatic carbocycles. The number of carbonyl (C=O) groups is 1. The van der Waals surface area contributed by atoms with Crippen LogP contribution in [-0.2, 0) is 4.79 Å². The molecule has 0 saturated carbocycles. The van der Waals surface area contributed by atoms with Gasteiger partial charge in [0.2, 0.25) is 0 Å². The Bertz CT molecular complexity index is 650. The van der Waals surface area contributed by atoms with Crippen molar-refractivity contribution < 1.29 is 14.4 Å². The van der Waals surface area contributed by atoms with Crippen LogP contribution in [0.1, 0.15) is 0 Å². The van der Waals surface area contributed by atoms with Crippen molar-refractivity contribution in [1.82, 2.24) is 0 Å². The van der Waals surface area contributed by atoms with Gasteiger partial charge >= 0.3 is 0 Å². The molecule has 0 aromatic heterocycles. The van der Waals surface area contributed by atoms with Gasteiger partial charge in [-0.05, 0) is 24.3 Å². The lowest BCUT2D eigenvalue weighted by molar-refractivity contribution is -0.871. The molecule has 0 aliphatic heterocycles. The molecular weight excluding hydrogens is 335 g/mol. The minimum absolute atomic E-state index is 0.119. The molecule has 23 heavy (non-hydrogen) atoms. The van der Waals surface area contributed by atoms with Crippen molar-refractivity contribution in [3.63, 3.8) is 0 Å². The van der Waals surface area contributed by atoms with Crippen LogP contribution < -0.4 is 15.0 Å². The predicted molar refractivity (Wildman–Crippen MR) is 93.6 cm³/mol. The van der Waals surface area contributed by atoms with E-state index in [9.17, 15) is 4.79 Å². The molecule has 4 nitrogen and oxygen atoms in total. The van der Waals surface area contributed by atoms with Crippen molar-refractivity contribution in [2.75, 3.05) is 32.1 Å². The number of carbonyl (C=O) groups excluding carboxylic acids is 1. The highest BCUT2D eigenvalue weighted by molar-refractivity contribution is 6.43. The van der Waals surface area contributed by atoms with Gasteiger partial charge in [-0.3, -0.25) is 4.79 Å². The van der Waals surface area contributed by atoms with E-state index >= 15 is 0 Å². The molecule has 1 atom stereocenters. The molecule has 1 amide bonds. The van der Waals surface area contributed by atoms with Crippen LogP contribution in [0.4, 0.5) is 5.69 Å². The molecular formula is C17H19Cl2N2O2+. The van der Waals surface area contributed by atoms with Crippen molar-refractivity contribution in [2.24, 2.45) is 0 Å². The van der Waals surface area contributed by atoms with Gasteiger partial charge in [0, 0.05) is 0 Å². The Balaban J connectivity index is 1.75. The quantitative estimate of drug-likeness (QED) is 0.803. The Kier molecular flexibility index (Phi) is 6.71. The number of ether oxygens (including phenoxy) is 1. The third kappa shape index (κ3) is 5.75. The number of benzene rings is 2. The van der Waals surface area contributed by atoms with E-state index in [1.54, 1.807) is 18.2 Å². The molecule has 2 rings (SSSR count). The second kappa shape index (κ2) is 8.77. The molecule has 0 spiro atoms. The van der Waals surface area contributed by atoms with Crippen LogP contribution in [-0.4, -0.2) is 32.7 Å². The summed E-state index contributed by atoms with van der Waals surface area (Å²) in [7, 11) is 1.94. The summed E-state index contributed by atoms with van der Waals surface area (Å²) < 4.78 is 5.62. The summed E-state index contributed by atoms with van der Waals surface area (Å²) in [6.07, 6.45) is 0. The summed E-state index contributed by atoms with van der Waals surface area (Å²) in [5.74, 6) is 0.710. The third-order valence-electron chi connectivity index (χ3n) is 3.23. The summed E-state index contributed by atoms with van der Waals surface area (Å²) in [5, 5.41) is 3.55. The molecule has 6 heteroatoms. The Labute approximate surface area is 146 Å². The van der Waals surface area contributed by atoms with Crippen LogP contribution in [0.15, 0.2) is 48.5 Å². The van der Waals surface area contributed by atoms with Crippen molar-refractivity contribution in [3.8, 4) is 5.75 Å². The molecule has 0 fully saturated rings. The number of para-hydroxylation sites is 1. The smallest absolute Gasteiger partial charge is 0.279 e. The molecule has 0 bridgehead atoms. The van der Waals surface area contributed by atoms with Crippen LogP contribution in [0.3, 0.4) is 0 Å². The SMILES string of the molecule is C[NH+](CCOc1ccccc1)CC(=O)Nc1cccc(Cl)c1Cl. The Morgan fingerprint density at radius 3 is 2.61 bits per heavy atom. The van der Waals surface area contributed by atoms with Crippen molar-refractivity contribution in [1.29, 1.82) is 0 Å². The second-order valence-corrected chi connectivity index (χ2v) is 5.98. The lowest BCUT2D eigenvalue weighted by Gasteiger charge is -2.15. The van der Waals surface area contributed by atoms with Crippen molar-refractivity contribution >= 4 is 34.8 Å². The van der Waals surface area contributed by atoms with Crippen LogP contribution in [0.25, 0.3) is 0 Å². The first-order valence-corrected chi connectivity index (χ1v) is 8.05. The standard InChI is InChI=1S/C17H18Cl2N2O2/c1-21(10-11-23-13-6-3-2-4-7-13)12-16(22)20-15-9-5-8-14(18)17(15)19/h2-9H,10-12H2,1H3,(H,20,22)/p+1. The number of amides is 1. The molecule has 0 radical (unpaired) electrons. The van der Waals surface area contributed by atoms with Gasteiger partial charge in [-0.15, -0.1) is 0 Å². The highest BCUT2D eigenvalue weighted by Gasteiger charge is 2.12. The van der Waals surface area contributed by atoms with Crippen molar-refractivity contribution in [2.45, 2.75) is 0 Å². The van der Waals surface area contributed by atoms with E-state index in [1.807, 2.05) is 37.4 Å². The van der Waals surface area contributed by atoms with Crippen LogP contribution >= 0.6 is 23.2 Å². The van der Waals surface area contributed by atoms with Gasteiger partial charge < -0.3 is 15.0 Å². The molecule has 0 heterocycles. The van der Waals surface area contributed by atoms with Gasteiger partial charge in [0.25, 0.3) is 5.91 Å². The number of hydrogen-bond acceptors (Lipinski definition) is 2. The van der Waals surface area contributed by atoms with Gasteiger partial charge in [0.1, 0.15) is 18.9 Å². The summed E-state index contributed by atoms with van der Waals surface area (Å²) in [6.45, 7) is 1.58. The fraction of sp³-hybridized carbons (Fsp3) is 0.235. The fourth-order valence-corrected chi connectivity index (χ4v) is 2.36. The first-order valence-electron chi connectivity index (χ1n) is 7.29. The number of halogens is 2. The van der Waals surface area contributed by atoms with Gasteiger partial charge in [0.15, 0.2) is 6.54 Å².